The second-order valence-electron chi connectivity index (χ2n) is 3.64. The van der Waals surface area contributed by atoms with Crippen LogP contribution in [0.4, 0.5) is 0 Å². The number of ether oxygens (including phenoxy) is 1. The quantitative estimate of drug-likeness (QED) is 0.702. The normalized spacial score (nSPS) is 22.5. The number of nitrogens with one attached hydrogen (secondary N) is 1. The van der Waals surface area contributed by atoms with Gasteiger partial charge in [-0.05, 0) is 20.3 Å². The van der Waals surface area contributed by atoms with Crippen molar-refractivity contribution >= 4 is 11.7 Å². The first-order chi connectivity index (χ1) is 6.01. The van der Waals surface area contributed by atoms with E-state index in [4.69, 9.17) is 4.74 Å². The van der Waals surface area contributed by atoms with Gasteiger partial charge in [-0.25, -0.2) is 0 Å². The van der Waals surface area contributed by atoms with Crippen molar-refractivity contribution in [1.82, 2.24) is 5.32 Å². The Kier molecular flexibility index (Phi) is 2.71. The molecule has 4 heteroatoms. The number of nitrogens with zero attached hydrogens (tertiary/aromatic N) is 1. The molecule has 13 heavy (non-hydrogen) atoms. The molecule has 0 aliphatic carbocycles. The topological polar surface area (TPSA) is 50.7 Å². The summed E-state index contributed by atoms with van der Waals surface area (Å²) in [4.78, 5) is 15.6. The fourth-order valence-corrected chi connectivity index (χ4v) is 1.27. The number of hydrogen-bond acceptors (Lipinski definition) is 3. The van der Waals surface area contributed by atoms with Gasteiger partial charge in [-0.15, -0.1) is 0 Å². The number of hydrogen-bond donors (Lipinski definition) is 1. The van der Waals surface area contributed by atoms with Crippen LogP contribution in [0.2, 0.25) is 0 Å². The summed E-state index contributed by atoms with van der Waals surface area (Å²) < 4.78 is 5.18. The van der Waals surface area contributed by atoms with E-state index in [9.17, 15) is 4.79 Å². The number of carbonyl (C=O) groups is 1. The van der Waals surface area contributed by atoms with Crippen molar-refractivity contribution in [2.45, 2.75) is 38.8 Å². The maximum atomic E-state index is 11.4. The third kappa shape index (κ3) is 1.88. The number of rotatable bonds is 3. The molecule has 1 atom stereocenters. The first-order valence-corrected chi connectivity index (χ1v) is 4.45. The lowest BCUT2D eigenvalue weighted by Gasteiger charge is -2.11. The van der Waals surface area contributed by atoms with Gasteiger partial charge in [0.25, 0.3) is 5.91 Å². The van der Waals surface area contributed by atoms with Crippen LogP contribution in [0, 0.1) is 0 Å². The molecule has 0 saturated heterocycles. The van der Waals surface area contributed by atoms with Gasteiger partial charge in [0.1, 0.15) is 17.5 Å². The summed E-state index contributed by atoms with van der Waals surface area (Å²) in [5, 5.41) is 2.73. The average molecular weight is 184 g/mol. The molecule has 1 aliphatic heterocycles. The lowest BCUT2D eigenvalue weighted by molar-refractivity contribution is -0.122. The van der Waals surface area contributed by atoms with E-state index in [1.165, 1.54) is 0 Å². The smallest absolute Gasteiger partial charge is 0.252 e. The van der Waals surface area contributed by atoms with E-state index < -0.39 is 5.54 Å². The first-order valence-electron chi connectivity index (χ1n) is 4.45. The lowest BCUT2D eigenvalue weighted by Crippen LogP contribution is -2.38. The minimum absolute atomic E-state index is 0.0574. The largest absolute Gasteiger partial charge is 0.374 e. The monoisotopic (exact) mass is 184 g/mol. The van der Waals surface area contributed by atoms with Crippen LogP contribution in [-0.4, -0.2) is 30.5 Å². The van der Waals surface area contributed by atoms with E-state index >= 15 is 0 Å². The molecule has 1 rings (SSSR count). The Bertz CT molecular complexity index is 242. The minimum Gasteiger partial charge on any atom is -0.374 e. The van der Waals surface area contributed by atoms with Crippen molar-refractivity contribution in [3.63, 3.8) is 0 Å². The Morgan fingerprint density at radius 1 is 1.62 bits per heavy atom. The second kappa shape index (κ2) is 3.46. The summed E-state index contributed by atoms with van der Waals surface area (Å²) in [5.41, 5.74) is -0.638. The molecule has 4 nitrogen and oxygen atoms in total. The highest BCUT2D eigenvalue weighted by molar-refractivity contribution is 6.09. The summed E-state index contributed by atoms with van der Waals surface area (Å²) in [6, 6.07) is 0. The molecule has 0 spiro atoms. The number of methoxy groups -OCH3 is 1. The third-order valence-electron chi connectivity index (χ3n) is 2.16. The molecule has 1 heterocycles. The van der Waals surface area contributed by atoms with E-state index in [0.717, 1.165) is 6.42 Å². The molecular weight excluding hydrogens is 168 g/mol. The lowest BCUT2D eigenvalue weighted by atomic mass is 10.1. The average Bonchev–Trinajstić information content (AvgIpc) is 2.29. The molecule has 0 aromatic carbocycles. The van der Waals surface area contributed by atoms with E-state index in [-0.39, 0.29) is 12.0 Å². The Balaban J connectivity index is 2.80. The molecule has 0 radical (unpaired) electrons. The summed E-state index contributed by atoms with van der Waals surface area (Å²) >= 11 is 0. The van der Waals surface area contributed by atoms with Gasteiger partial charge in [-0.2, -0.15) is 0 Å². The van der Waals surface area contributed by atoms with Crippen LogP contribution in [0.25, 0.3) is 0 Å². The highest BCUT2D eigenvalue weighted by Crippen LogP contribution is 2.17. The Morgan fingerprint density at radius 3 is 2.54 bits per heavy atom. The van der Waals surface area contributed by atoms with Crippen molar-refractivity contribution < 1.29 is 9.53 Å². The highest BCUT2D eigenvalue weighted by atomic mass is 16.5. The number of amidine groups is 1. The van der Waals surface area contributed by atoms with Gasteiger partial charge in [-0.1, -0.05) is 6.92 Å². The van der Waals surface area contributed by atoms with Crippen molar-refractivity contribution in [2.75, 3.05) is 7.11 Å². The van der Waals surface area contributed by atoms with Crippen LogP contribution in [-0.2, 0) is 9.53 Å². The Labute approximate surface area is 78.4 Å². The zero-order valence-electron chi connectivity index (χ0n) is 8.55. The van der Waals surface area contributed by atoms with E-state index in [2.05, 4.69) is 10.3 Å². The highest BCUT2D eigenvalue weighted by Gasteiger charge is 2.36. The Hall–Kier alpha value is -0.900. The summed E-state index contributed by atoms with van der Waals surface area (Å²) in [6.07, 6.45) is 0.719. The van der Waals surface area contributed by atoms with Crippen LogP contribution in [0.5, 0.6) is 0 Å². The molecule has 1 amide bonds. The molecule has 0 fully saturated rings. The molecule has 74 valence electrons. The van der Waals surface area contributed by atoms with Gasteiger partial charge in [0.15, 0.2) is 0 Å². The van der Waals surface area contributed by atoms with Crippen molar-refractivity contribution in [1.29, 1.82) is 0 Å². The van der Waals surface area contributed by atoms with Gasteiger partial charge in [0, 0.05) is 7.11 Å². The molecule has 1 unspecified atom stereocenters. The van der Waals surface area contributed by atoms with E-state index in [1.807, 2.05) is 6.92 Å². The SMILES string of the molecule is CCC(OC)C1=NC(C)(C)C(=O)N1. The summed E-state index contributed by atoms with van der Waals surface area (Å²) in [7, 11) is 1.62. The number of amides is 1. The van der Waals surface area contributed by atoms with Gasteiger partial charge in [0.05, 0.1) is 0 Å². The van der Waals surface area contributed by atoms with Crippen LogP contribution >= 0.6 is 0 Å². The summed E-state index contributed by atoms with van der Waals surface area (Å²) in [6.45, 7) is 5.57. The minimum atomic E-state index is -0.638. The second-order valence-corrected chi connectivity index (χ2v) is 3.64. The molecule has 0 aromatic rings. The summed E-state index contributed by atoms with van der Waals surface area (Å²) in [5.74, 6) is 0.595. The van der Waals surface area contributed by atoms with Crippen molar-refractivity contribution in [3.05, 3.63) is 0 Å². The van der Waals surface area contributed by atoms with Gasteiger partial charge in [0.2, 0.25) is 0 Å². The molecule has 0 saturated carbocycles. The van der Waals surface area contributed by atoms with Crippen molar-refractivity contribution in [3.8, 4) is 0 Å². The zero-order valence-corrected chi connectivity index (χ0v) is 8.55. The first kappa shape index (κ1) is 10.2. The fourth-order valence-electron chi connectivity index (χ4n) is 1.27. The molecule has 1 N–H and O–H groups in total. The molecular formula is C9H16N2O2. The van der Waals surface area contributed by atoms with Crippen LogP contribution in [0.3, 0.4) is 0 Å². The maximum Gasteiger partial charge on any atom is 0.252 e. The van der Waals surface area contributed by atoms with Crippen LogP contribution in [0.1, 0.15) is 27.2 Å². The number of aliphatic imine (C=N–C) groups is 1. The van der Waals surface area contributed by atoms with Gasteiger partial charge >= 0.3 is 0 Å². The van der Waals surface area contributed by atoms with Crippen LogP contribution in [0.15, 0.2) is 4.99 Å². The molecule has 0 aromatic heterocycles. The fraction of sp³-hybridized carbons (Fsp3) is 0.778. The predicted octanol–water partition coefficient (Wildman–Crippen LogP) is 0.718. The van der Waals surface area contributed by atoms with Crippen molar-refractivity contribution in [2.24, 2.45) is 4.99 Å². The zero-order chi connectivity index (χ0) is 10.1. The van der Waals surface area contributed by atoms with Crippen LogP contribution < -0.4 is 5.32 Å². The van der Waals surface area contributed by atoms with E-state index in [0.29, 0.717) is 5.84 Å². The Morgan fingerprint density at radius 2 is 2.23 bits per heavy atom. The predicted molar refractivity (Wildman–Crippen MR) is 50.7 cm³/mol. The maximum absolute atomic E-state index is 11.4. The molecule has 0 bridgehead atoms. The van der Waals surface area contributed by atoms with Gasteiger partial charge in [-0.3, -0.25) is 9.79 Å². The third-order valence-corrected chi connectivity index (χ3v) is 2.16. The van der Waals surface area contributed by atoms with E-state index in [1.54, 1.807) is 21.0 Å². The molecule has 1 aliphatic rings. The standard InChI is InChI=1S/C9H16N2O2/c1-5-6(13-4)7-10-8(12)9(2,3)11-7/h6H,5H2,1-4H3,(H,10,11,12). The van der Waals surface area contributed by atoms with Gasteiger partial charge < -0.3 is 10.1 Å². The number of carbonyl (C=O) groups excluding carboxylic acids is 1.